The van der Waals surface area contributed by atoms with Gasteiger partial charge in [-0.2, -0.15) is 5.10 Å². The Bertz CT molecular complexity index is 1210. The van der Waals surface area contributed by atoms with E-state index in [9.17, 15) is 14.9 Å². The average Bonchev–Trinajstić information content (AvgIpc) is 3.15. The van der Waals surface area contributed by atoms with Crippen LogP contribution in [-0.4, -0.2) is 31.5 Å². The van der Waals surface area contributed by atoms with Crippen molar-refractivity contribution in [3.05, 3.63) is 61.9 Å². The van der Waals surface area contributed by atoms with Crippen LogP contribution in [0, 0.1) is 17.0 Å². The predicted molar refractivity (Wildman–Crippen MR) is 93.7 cm³/mol. The maximum absolute atomic E-state index is 12.3. The molecule has 0 aliphatic heterocycles. The smallest absolute Gasteiger partial charge is 0.272 e. The van der Waals surface area contributed by atoms with Crippen LogP contribution in [-0.2, 0) is 0 Å². The summed E-state index contributed by atoms with van der Waals surface area (Å²) in [5, 5.41) is 21.2. The Morgan fingerprint density at radius 2 is 2.04 bits per heavy atom. The molecule has 0 aliphatic carbocycles. The number of nitro groups is 1. The van der Waals surface area contributed by atoms with Crippen LogP contribution in [0.15, 0.2) is 40.1 Å². The summed E-state index contributed by atoms with van der Waals surface area (Å²) in [6.45, 7) is 1.64. The lowest BCUT2D eigenvalue weighted by molar-refractivity contribution is -0.385. The van der Waals surface area contributed by atoms with Gasteiger partial charge in [-0.1, -0.05) is 0 Å². The van der Waals surface area contributed by atoms with Crippen molar-refractivity contribution in [2.45, 2.75) is 6.92 Å². The molecular formula is C16H12N6O3. The van der Waals surface area contributed by atoms with E-state index in [0.717, 1.165) is 5.52 Å². The molecule has 0 atom stereocenters. The number of benzene rings is 2. The third kappa shape index (κ3) is 2.38. The first-order valence-corrected chi connectivity index (χ1v) is 7.41. The maximum Gasteiger partial charge on any atom is 0.272 e. The van der Waals surface area contributed by atoms with Crippen molar-refractivity contribution in [2.75, 3.05) is 0 Å². The summed E-state index contributed by atoms with van der Waals surface area (Å²) >= 11 is 0. The first-order chi connectivity index (χ1) is 12.0. The number of nitrogens with one attached hydrogen (secondary N) is 3. The molecule has 0 fully saturated rings. The second-order valence-corrected chi connectivity index (χ2v) is 5.59. The Morgan fingerprint density at radius 1 is 1.24 bits per heavy atom. The van der Waals surface area contributed by atoms with Crippen LogP contribution in [0.4, 0.5) is 11.4 Å². The highest BCUT2D eigenvalue weighted by Gasteiger charge is 2.13. The lowest BCUT2D eigenvalue weighted by Gasteiger charge is -1.98. The van der Waals surface area contributed by atoms with E-state index in [4.69, 9.17) is 0 Å². The van der Waals surface area contributed by atoms with Crippen molar-refractivity contribution in [1.29, 1.82) is 0 Å². The third-order valence-electron chi connectivity index (χ3n) is 4.02. The van der Waals surface area contributed by atoms with Gasteiger partial charge in [-0.3, -0.25) is 25.0 Å². The number of hydrogen-bond donors (Lipinski definition) is 3. The van der Waals surface area contributed by atoms with Crippen LogP contribution in [0.5, 0.6) is 0 Å². The number of aromatic amines is 3. The van der Waals surface area contributed by atoms with Gasteiger partial charge in [0.25, 0.3) is 11.2 Å². The van der Waals surface area contributed by atoms with Crippen molar-refractivity contribution < 1.29 is 4.92 Å². The first kappa shape index (κ1) is 14.8. The van der Waals surface area contributed by atoms with Crippen molar-refractivity contribution in [3.63, 3.8) is 0 Å². The van der Waals surface area contributed by atoms with Crippen LogP contribution < -0.4 is 5.56 Å². The van der Waals surface area contributed by atoms with Crippen LogP contribution in [0.3, 0.4) is 0 Å². The van der Waals surface area contributed by atoms with Gasteiger partial charge in [-0.15, -0.1) is 0 Å². The number of fused-ring (bicyclic) bond motifs is 3. The summed E-state index contributed by atoms with van der Waals surface area (Å²) in [7, 11) is 0. The minimum absolute atomic E-state index is 0.0318. The van der Waals surface area contributed by atoms with Crippen LogP contribution >= 0.6 is 0 Å². The number of nitrogens with zero attached hydrogens (tertiary/aromatic N) is 3. The lowest BCUT2D eigenvalue weighted by Crippen LogP contribution is -2.04. The molecule has 2 aromatic carbocycles. The summed E-state index contributed by atoms with van der Waals surface area (Å²) in [4.78, 5) is 29.8. The van der Waals surface area contributed by atoms with E-state index < -0.39 is 4.92 Å². The molecular weight excluding hydrogens is 324 g/mol. The van der Waals surface area contributed by atoms with E-state index >= 15 is 0 Å². The van der Waals surface area contributed by atoms with Crippen molar-refractivity contribution >= 4 is 39.5 Å². The molecule has 2 aromatic heterocycles. The van der Waals surface area contributed by atoms with Gasteiger partial charge in [-0.05, 0) is 31.2 Å². The fraction of sp³-hybridized carbons (Fsp3) is 0.0625. The molecule has 0 bridgehead atoms. The molecule has 0 radical (unpaired) electrons. The van der Waals surface area contributed by atoms with Crippen molar-refractivity contribution in [2.24, 2.45) is 4.99 Å². The van der Waals surface area contributed by atoms with Crippen LogP contribution in [0.2, 0.25) is 0 Å². The SMILES string of the molecule is Cc1cc(N=Cc2c(=O)[nH]c3ccc4[nH][nH]nc4c23)ccc1[N+](=O)[O-]. The van der Waals surface area contributed by atoms with Gasteiger partial charge in [0.05, 0.1) is 27.2 Å². The van der Waals surface area contributed by atoms with E-state index in [0.29, 0.717) is 33.2 Å². The number of aromatic nitrogens is 4. The summed E-state index contributed by atoms with van der Waals surface area (Å²) < 4.78 is 0. The number of H-pyrrole nitrogens is 3. The van der Waals surface area contributed by atoms with E-state index in [1.807, 2.05) is 6.07 Å². The highest BCUT2D eigenvalue weighted by Crippen LogP contribution is 2.25. The van der Waals surface area contributed by atoms with E-state index in [2.05, 4.69) is 25.4 Å². The van der Waals surface area contributed by atoms with Crippen molar-refractivity contribution in [3.8, 4) is 0 Å². The Balaban J connectivity index is 1.83. The number of rotatable bonds is 3. The topological polar surface area (TPSA) is 133 Å². The Kier molecular flexibility index (Phi) is 3.21. The normalized spacial score (nSPS) is 11.7. The second kappa shape index (κ2) is 5.41. The standard InChI is InChI=1S/C16H12N6O3/c1-8-6-9(2-5-13(8)22(24)25)17-7-10-14-11(18-16(10)23)3-4-12-15(14)20-21-19-12/h2-7,19,21H,1H3,(H,18,23). The van der Waals surface area contributed by atoms with Gasteiger partial charge in [-0.25, -0.2) is 5.21 Å². The van der Waals surface area contributed by atoms with E-state index in [1.54, 1.807) is 25.1 Å². The van der Waals surface area contributed by atoms with Gasteiger partial charge in [0.2, 0.25) is 0 Å². The van der Waals surface area contributed by atoms with Gasteiger partial charge >= 0.3 is 0 Å². The lowest BCUT2D eigenvalue weighted by atomic mass is 10.1. The average molecular weight is 336 g/mol. The van der Waals surface area contributed by atoms with Gasteiger partial charge in [0, 0.05) is 23.2 Å². The van der Waals surface area contributed by atoms with Crippen molar-refractivity contribution in [1.82, 2.24) is 20.4 Å². The Hall–Kier alpha value is -3.75. The zero-order valence-corrected chi connectivity index (χ0v) is 13.0. The zero-order chi connectivity index (χ0) is 17.6. The number of hydrogen-bond acceptors (Lipinski definition) is 5. The van der Waals surface area contributed by atoms with Gasteiger partial charge < -0.3 is 4.98 Å². The first-order valence-electron chi connectivity index (χ1n) is 7.41. The summed E-state index contributed by atoms with van der Waals surface area (Å²) in [5.74, 6) is 0. The van der Waals surface area contributed by atoms with Crippen LogP contribution in [0.25, 0.3) is 21.9 Å². The molecule has 3 N–H and O–H groups in total. The molecule has 9 nitrogen and oxygen atoms in total. The van der Waals surface area contributed by atoms with Gasteiger partial charge in [0.15, 0.2) is 0 Å². The molecule has 0 saturated carbocycles. The van der Waals surface area contributed by atoms with E-state index in [1.165, 1.54) is 12.3 Å². The summed E-state index contributed by atoms with van der Waals surface area (Å²) in [6.07, 6.45) is 1.45. The minimum atomic E-state index is -0.441. The predicted octanol–water partition coefficient (Wildman–Crippen LogP) is 2.70. The van der Waals surface area contributed by atoms with Gasteiger partial charge in [0.1, 0.15) is 5.52 Å². The quantitative estimate of drug-likeness (QED) is 0.301. The molecule has 0 amide bonds. The second-order valence-electron chi connectivity index (χ2n) is 5.59. The molecule has 0 unspecified atom stereocenters. The largest absolute Gasteiger partial charge is 0.321 e. The summed E-state index contributed by atoms with van der Waals surface area (Å²) in [6, 6.07) is 8.15. The molecule has 124 valence electrons. The fourth-order valence-corrected chi connectivity index (χ4v) is 2.82. The van der Waals surface area contributed by atoms with E-state index in [-0.39, 0.29) is 11.2 Å². The summed E-state index contributed by atoms with van der Waals surface area (Å²) in [5.41, 5.74) is 3.25. The molecule has 0 aliphatic rings. The highest BCUT2D eigenvalue weighted by molar-refractivity contribution is 6.11. The number of aliphatic imine (C=N–C) groups is 1. The fourth-order valence-electron chi connectivity index (χ4n) is 2.82. The zero-order valence-electron chi connectivity index (χ0n) is 13.0. The molecule has 9 heteroatoms. The molecule has 2 heterocycles. The maximum atomic E-state index is 12.3. The monoisotopic (exact) mass is 336 g/mol. The molecule has 4 aromatic rings. The number of nitro benzene ring substituents is 1. The third-order valence-corrected chi connectivity index (χ3v) is 4.02. The molecule has 0 spiro atoms. The molecule has 25 heavy (non-hydrogen) atoms. The minimum Gasteiger partial charge on any atom is -0.321 e. The Morgan fingerprint density at radius 3 is 2.80 bits per heavy atom. The Labute approximate surface area is 139 Å². The van der Waals surface area contributed by atoms with Crippen LogP contribution in [0.1, 0.15) is 11.1 Å². The molecule has 0 saturated heterocycles. The molecule has 4 rings (SSSR count). The number of aryl methyl sites for hydroxylation is 1. The highest BCUT2D eigenvalue weighted by atomic mass is 16.6.